The van der Waals surface area contributed by atoms with Crippen LogP contribution < -0.4 is 0 Å². The molecule has 1 unspecified atom stereocenters. The molecular formula is C12H16O3S. The zero-order valence-corrected chi connectivity index (χ0v) is 10.3. The van der Waals surface area contributed by atoms with Gasteiger partial charge in [0.05, 0.1) is 4.88 Å². The van der Waals surface area contributed by atoms with Crippen LogP contribution in [0.4, 0.5) is 0 Å². The molecule has 0 saturated carbocycles. The lowest BCUT2D eigenvalue weighted by Crippen LogP contribution is -2.01. The number of carbonyl (C=O) groups excluding carboxylic acids is 1. The summed E-state index contributed by atoms with van der Waals surface area (Å²) in [5.41, 5.74) is 0.799. The molecule has 0 aliphatic carbocycles. The van der Waals surface area contributed by atoms with Crippen molar-refractivity contribution in [3.63, 3.8) is 0 Å². The molecule has 16 heavy (non-hydrogen) atoms. The Morgan fingerprint density at radius 1 is 1.62 bits per heavy atom. The van der Waals surface area contributed by atoms with Crippen LogP contribution in [0.15, 0.2) is 6.07 Å². The summed E-state index contributed by atoms with van der Waals surface area (Å²) >= 11 is 1.06. The van der Waals surface area contributed by atoms with E-state index < -0.39 is 5.97 Å². The fraction of sp³-hybridized carbons (Fsp3) is 0.500. The monoisotopic (exact) mass is 240 g/mol. The Labute approximate surface area is 99.1 Å². The fourth-order valence-electron chi connectivity index (χ4n) is 1.68. The van der Waals surface area contributed by atoms with Gasteiger partial charge in [-0.15, -0.1) is 11.3 Å². The average molecular weight is 240 g/mol. The molecule has 1 aromatic rings. The predicted molar refractivity (Wildman–Crippen MR) is 64.6 cm³/mol. The Morgan fingerprint density at radius 2 is 2.31 bits per heavy atom. The summed E-state index contributed by atoms with van der Waals surface area (Å²) in [6.07, 6.45) is 3.85. The van der Waals surface area contributed by atoms with E-state index in [0.29, 0.717) is 16.0 Å². The Morgan fingerprint density at radius 3 is 2.81 bits per heavy atom. The van der Waals surface area contributed by atoms with E-state index in [9.17, 15) is 9.59 Å². The first kappa shape index (κ1) is 12.9. The summed E-state index contributed by atoms with van der Waals surface area (Å²) in [7, 11) is 0. The minimum absolute atomic E-state index is 0.205. The highest BCUT2D eigenvalue weighted by Gasteiger charge is 2.19. The molecule has 1 heterocycles. The molecule has 0 saturated heterocycles. The lowest BCUT2D eigenvalue weighted by atomic mass is 9.96. The van der Waals surface area contributed by atoms with E-state index in [2.05, 4.69) is 6.92 Å². The second-order valence-electron chi connectivity index (χ2n) is 3.90. The van der Waals surface area contributed by atoms with Gasteiger partial charge in [0.1, 0.15) is 4.88 Å². The molecule has 1 aromatic heterocycles. The molecule has 3 nitrogen and oxygen atoms in total. The van der Waals surface area contributed by atoms with Crippen LogP contribution in [0.2, 0.25) is 0 Å². The van der Waals surface area contributed by atoms with E-state index in [1.165, 1.54) is 0 Å². The first-order valence-electron chi connectivity index (χ1n) is 5.42. The van der Waals surface area contributed by atoms with Gasteiger partial charge < -0.3 is 5.11 Å². The molecule has 88 valence electrons. The van der Waals surface area contributed by atoms with Gasteiger partial charge in [-0.1, -0.05) is 26.7 Å². The third-order valence-corrected chi connectivity index (χ3v) is 3.68. The lowest BCUT2D eigenvalue weighted by molar-refractivity contribution is 0.0700. The van der Waals surface area contributed by atoms with Crippen molar-refractivity contribution in [1.29, 1.82) is 0 Å². The van der Waals surface area contributed by atoms with Gasteiger partial charge >= 0.3 is 5.97 Å². The van der Waals surface area contributed by atoms with E-state index in [1.807, 2.05) is 6.92 Å². The van der Waals surface area contributed by atoms with Crippen LogP contribution in [0.25, 0.3) is 0 Å². The van der Waals surface area contributed by atoms with Gasteiger partial charge in [-0.2, -0.15) is 0 Å². The highest BCUT2D eigenvalue weighted by atomic mass is 32.1. The van der Waals surface area contributed by atoms with Crippen molar-refractivity contribution in [3.8, 4) is 0 Å². The molecule has 0 amide bonds. The maximum absolute atomic E-state index is 11.0. The molecular weight excluding hydrogens is 224 g/mol. The van der Waals surface area contributed by atoms with Gasteiger partial charge in [0.25, 0.3) is 0 Å². The van der Waals surface area contributed by atoms with Gasteiger partial charge in [-0.25, -0.2) is 4.79 Å². The van der Waals surface area contributed by atoms with E-state index in [-0.39, 0.29) is 5.92 Å². The molecule has 1 atom stereocenters. The van der Waals surface area contributed by atoms with Crippen molar-refractivity contribution in [2.24, 2.45) is 0 Å². The highest BCUT2D eigenvalue weighted by Crippen LogP contribution is 2.30. The summed E-state index contributed by atoms with van der Waals surface area (Å²) in [6, 6.07) is 1.71. The molecule has 0 radical (unpaired) electrons. The van der Waals surface area contributed by atoms with Gasteiger partial charge in [-0.3, -0.25) is 4.79 Å². The normalized spacial score (nSPS) is 12.4. The van der Waals surface area contributed by atoms with Crippen LogP contribution in [-0.4, -0.2) is 17.4 Å². The molecule has 4 heteroatoms. The van der Waals surface area contributed by atoms with Gasteiger partial charge in [0.2, 0.25) is 0 Å². The van der Waals surface area contributed by atoms with Gasteiger partial charge in [0, 0.05) is 0 Å². The minimum atomic E-state index is -0.934. The molecule has 1 rings (SSSR count). The van der Waals surface area contributed by atoms with Crippen LogP contribution in [0, 0.1) is 0 Å². The highest BCUT2D eigenvalue weighted by molar-refractivity contribution is 7.15. The van der Waals surface area contributed by atoms with Crippen molar-refractivity contribution in [3.05, 3.63) is 21.4 Å². The molecule has 0 aliphatic rings. The number of hydrogen-bond donors (Lipinski definition) is 1. The van der Waals surface area contributed by atoms with E-state index >= 15 is 0 Å². The SMILES string of the molecule is CCCCC(C)c1cc(C=O)sc1C(=O)O. The summed E-state index contributed by atoms with van der Waals surface area (Å²) in [5, 5.41) is 9.04. The molecule has 0 aromatic carbocycles. The summed E-state index contributed by atoms with van der Waals surface area (Å²) in [6.45, 7) is 4.12. The number of carboxylic acid groups (broad SMARTS) is 1. The summed E-state index contributed by atoms with van der Waals surface area (Å²) < 4.78 is 0. The van der Waals surface area contributed by atoms with Crippen LogP contribution in [0.3, 0.4) is 0 Å². The largest absolute Gasteiger partial charge is 0.477 e. The Balaban J connectivity index is 2.96. The van der Waals surface area contributed by atoms with Crippen molar-refractivity contribution in [2.45, 2.75) is 39.0 Å². The van der Waals surface area contributed by atoms with Crippen molar-refractivity contribution >= 4 is 23.6 Å². The van der Waals surface area contributed by atoms with Crippen molar-refractivity contribution < 1.29 is 14.7 Å². The Hall–Kier alpha value is -1.16. The number of aromatic carboxylic acids is 1. The first-order chi connectivity index (χ1) is 7.60. The predicted octanol–water partition coefficient (Wildman–Crippen LogP) is 3.55. The lowest BCUT2D eigenvalue weighted by Gasteiger charge is -2.09. The number of carboxylic acids is 1. The maximum Gasteiger partial charge on any atom is 0.346 e. The number of hydrogen-bond acceptors (Lipinski definition) is 3. The standard InChI is InChI=1S/C12H16O3S/c1-3-4-5-8(2)10-6-9(7-13)16-11(10)12(14)15/h6-8H,3-5H2,1-2H3,(H,14,15). The molecule has 0 fully saturated rings. The smallest absolute Gasteiger partial charge is 0.346 e. The second kappa shape index (κ2) is 5.80. The third kappa shape index (κ3) is 2.92. The number of unbranched alkanes of at least 4 members (excludes halogenated alkanes) is 1. The Bertz CT molecular complexity index is 382. The molecule has 0 aliphatic heterocycles. The molecule has 0 bridgehead atoms. The topological polar surface area (TPSA) is 54.4 Å². The van der Waals surface area contributed by atoms with E-state index in [1.54, 1.807) is 6.07 Å². The number of rotatable bonds is 6. The summed E-state index contributed by atoms with van der Waals surface area (Å²) in [5.74, 6) is -0.729. The Kier molecular flexibility index (Phi) is 4.68. The van der Waals surface area contributed by atoms with Crippen LogP contribution in [0.5, 0.6) is 0 Å². The van der Waals surface area contributed by atoms with Gasteiger partial charge in [-0.05, 0) is 24.0 Å². The number of carbonyl (C=O) groups is 2. The zero-order valence-electron chi connectivity index (χ0n) is 9.53. The first-order valence-corrected chi connectivity index (χ1v) is 6.24. The second-order valence-corrected chi connectivity index (χ2v) is 4.98. The zero-order chi connectivity index (χ0) is 12.1. The number of aldehydes is 1. The quantitative estimate of drug-likeness (QED) is 0.773. The van der Waals surface area contributed by atoms with Crippen molar-refractivity contribution in [2.75, 3.05) is 0 Å². The fourth-order valence-corrected chi connectivity index (χ4v) is 2.62. The number of thiophene rings is 1. The molecule has 1 N–H and O–H groups in total. The molecule has 0 spiro atoms. The average Bonchev–Trinajstić information content (AvgIpc) is 2.70. The third-order valence-electron chi connectivity index (χ3n) is 2.61. The van der Waals surface area contributed by atoms with E-state index in [0.717, 1.165) is 36.2 Å². The van der Waals surface area contributed by atoms with Gasteiger partial charge in [0.15, 0.2) is 6.29 Å². The van der Waals surface area contributed by atoms with Crippen LogP contribution >= 0.6 is 11.3 Å². The van der Waals surface area contributed by atoms with Crippen molar-refractivity contribution in [1.82, 2.24) is 0 Å². The van der Waals surface area contributed by atoms with Crippen LogP contribution in [-0.2, 0) is 0 Å². The van der Waals surface area contributed by atoms with Crippen LogP contribution in [0.1, 0.15) is 63.9 Å². The summed E-state index contributed by atoms with van der Waals surface area (Å²) in [4.78, 5) is 22.5. The van der Waals surface area contributed by atoms with E-state index in [4.69, 9.17) is 5.11 Å². The minimum Gasteiger partial charge on any atom is -0.477 e. The maximum atomic E-state index is 11.0.